The summed E-state index contributed by atoms with van der Waals surface area (Å²) in [5.74, 6) is 2.16. The van der Waals surface area contributed by atoms with Crippen LogP contribution in [0.1, 0.15) is 43.5 Å². The molecule has 0 saturated heterocycles. The smallest absolute Gasteiger partial charge is 0.271 e. The molecule has 2 aromatic carbocycles. The second kappa shape index (κ2) is 20.9. The number of amides is 2. The number of anilines is 5. The molecule has 0 spiro atoms. The number of aryl methyl sites for hydroxylation is 2. The van der Waals surface area contributed by atoms with Gasteiger partial charge < -0.3 is 45.3 Å². The zero-order valence-corrected chi connectivity index (χ0v) is 40.2. The van der Waals surface area contributed by atoms with E-state index in [2.05, 4.69) is 45.5 Å². The van der Waals surface area contributed by atoms with Crippen LogP contribution in [-0.4, -0.2) is 89.4 Å². The maximum Gasteiger partial charge on any atom is 0.271 e. The molecule has 20 heteroatoms. The number of hydrogen-bond donors (Lipinski definition) is 3. The number of aromatic nitrogens is 8. The number of ether oxygens (including phenoxy) is 2. The van der Waals surface area contributed by atoms with Gasteiger partial charge in [-0.3, -0.25) is 23.9 Å². The first kappa shape index (κ1) is 48.1. The van der Waals surface area contributed by atoms with Gasteiger partial charge in [0.15, 0.2) is 11.5 Å². The number of para-hydroxylation sites is 2. The van der Waals surface area contributed by atoms with Crippen molar-refractivity contribution in [3.8, 4) is 34.0 Å². The lowest BCUT2D eigenvalue weighted by molar-refractivity contribution is 0.0809. The van der Waals surface area contributed by atoms with Gasteiger partial charge >= 0.3 is 0 Å². The van der Waals surface area contributed by atoms with Gasteiger partial charge in [-0.15, -0.1) is 9.97 Å². The molecule has 0 aliphatic carbocycles. The Kier molecular flexibility index (Phi) is 14.2. The lowest BCUT2D eigenvalue weighted by Gasteiger charge is -2.16. The number of methoxy groups -OCH3 is 2. The summed E-state index contributed by atoms with van der Waals surface area (Å²) in [7, 11) is 10.5. The third kappa shape index (κ3) is 10.6. The summed E-state index contributed by atoms with van der Waals surface area (Å²) in [5, 5.41) is 16.0. The summed E-state index contributed by atoms with van der Waals surface area (Å²) < 4.78 is 14.9. The Balaban J connectivity index is 0.000000166. The Labute approximate surface area is 414 Å². The molecular weight excluding hydrogens is 922 g/mol. The van der Waals surface area contributed by atoms with Gasteiger partial charge in [-0.2, -0.15) is 10.2 Å². The van der Waals surface area contributed by atoms with E-state index in [1.807, 2.05) is 93.2 Å². The Morgan fingerprint density at radius 3 is 1.59 bits per heavy atom. The molecule has 0 atom stereocenters. The molecule has 8 aromatic rings. The molecule has 2 aliphatic rings. The summed E-state index contributed by atoms with van der Waals surface area (Å²) in [6.45, 7) is 14.6. The number of carbonyl (C=O) groups is 2. The van der Waals surface area contributed by atoms with Crippen LogP contribution in [0.5, 0.6) is 11.5 Å². The van der Waals surface area contributed by atoms with Crippen molar-refractivity contribution >= 4 is 63.6 Å². The second-order valence-electron chi connectivity index (χ2n) is 16.2. The van der Waals surface area contributed by atoms with E-state index in [1.54, 1.807) is 77.8 Å². The summed E-state index contributed by atoms with van der Waals surface area (Å²) >= 11 is 6.17. The van der Waals surface area contributed by atoms with Crippen LogP contribution in [0.15, 0.2) is 109 Å². The number of nitrogens with two attached hydrogens (primary N) is 1. The number of rotatable bonds is 10. The van der Waals surface area contributed by atoms with E-state index in [0.29, 0.717) is 98.9 Å². The van der Waals surface area contributed by atoms with Crippen molar-refractivity contribution in [2.75, 3.05) is 44.7 Å². The standard InChI is InChI=1S/C26H23N7O2.C19H18ClN5O2.C6H5N3/c1-27-23-10-5-7-16(29-23)13-17-14-21(24-22(28-17)15-32(2)26(24)34)30-20-9-6-8-18(25(20)35-4)19-11-12-33(3)31-19;1-24-10-15-17(19(24)26)14(9-16(20)22-15)21-13-6-4-5-11(18(13)27-3)12-7-8-25(2)23-12;1-8-6-4-2-3-5(7)9-6/h5-12,14H,13,15H2,2-4H3,(H,28,30);4-9H,10H2,1-3H3,(H,21,22);2-4H,(H2,7,9). The minimum atomic E-state index is -0.0884. The minimum absolute atomic E-state index is 0.0866. The lowest BCUT2D eigenvalue weighted by Crippen LogP contribution is -2.18. The fourth-order valence-electron chi connectivity index (χ4n) is 8.02. The van der Waals surface area contributed by atoms with Gasteiger partial charge in [0.2, 0.25) is 5.82 Å². The number of carbonyl (C=O) groups excluding carboxylic acids is 2. The molecular formula is C51H46ClN15O4. The van der Waals surface area contributed by atoms with E-state index in [9.17, 15) is 9.59 Å². The van der Waals surface area contributed by atoms with Crippen molar-refractivity contribution < 1.29 is 19.1 Å². The van der Waals surface area contributed by atoms with Crippen LogP contribution in [0.25, 0.3) is 32.2 Å². The zero-order valence-electron chi connectivity index (χ0n) is 39.5. The maximum absolute atomic E-state index is 13.0. The lowest BCUT2D eigenvalue weighted by atomic mass is 10.1. The molecule has 71 heavy (non-hydrogen) atoms. The number of benzene rings is 2. The molecule has 356 valence electrons. The van der Waals surface area contributed by atoms with Crippen molar-refractivity contribution in [3.05, 3.63) is 171 Å². The van der Waals surface area contributed by atoms with E-state index in [0.717, 1.165) is 33.9 Å². The highest BCUT2D eigenvalue weighted by molar-refractivity contribution is 6.30. The fraction of sp³-hybridized carbons (Fsp3) is 0.176. The Hall–Kier alpha value is -9.33. The molecule has 8 heterocycles. The van der Waals surface area contributed by atoms with Crippen molar-refractivity contribution in [1.29, 1.82) is 0 Å². The number of hydrogen-bond acceptors (Lipinski definition) is 13. The molecule has 0 radical (unpaired) electrons. The highest BCUT2D eigenvalue weighted by Crippen LogP contribution is 2.41. The Morgan fingerprint density at radius 2 is 1.11 bits per heavy atom. The molecule has 0 unspecified atom stereocenters. The van der Waals surface area contributed by atoms with Gasteiger partial charge in [-0.1, -0.05) is 49.0 Å². The number of fused-ring (bicyclic) bond motifs is 2. The van der Waals surface area contributed by atoms with Crippen LogP contribution in [0.2, 0.25) is 5.15 Å². The van der Waals surface area contributed by atoms with E-state index >= 15 is 0 Å². The van der Waals surface area contributed by atoms with E-state index < -0.39 is 0 Å². The van der Waals surface area contributed by atoms with Gasteiger partial charge in [0.25, 0.3) is 23.5 Å². The molecule has 0 bridgehead atoms. The van der Waals surface area contributed by atoms with Crippen LogP contribution < -0.4 is 25.8 Å². The van der Waals surface area contributed by atoms with Crippen molar-refractivity contribution in [1.82, 2.24) is 49.3 Å². The SMILES string of the molecule is COc1c(Nc2cc(Cl)nc3c2C(=O)N(C)C3)cccc1-c1ccn(C)n1.[C-]#[N+]c1cccc(Cc2cc(Nc3cccc(-c4ccn(C)n4)c3OC)c3c(n2)CN(C)C3=O)n1.[C-]#[N+]c1cccc(N)n1. The van der Waals surface area contributed by atoms with Crippen LogP contribution in [0.3, 0.4) is 0 Å². The molecule has 4 N–H and O–H groups in total. The van der Waals surface area contributed by atoms with Gasteiger partial charge in [0.05, 0.1) is 96.1 Å². The number of pyridine rings is 4. The third-order valence-electron chi connectivity index (χ3n) is 11.2. The van der Waals surface area contributed by atoms with Crippen LogP contribution in [0, 0.1) is 13.1 Å². The summed E-state index contributed by atoms with van der Waals surface area (Å²) in [4.78, 5) is 52.4. The van der Waals surface area contributed by atoms with Crippen molar-refractivity contribution in [3.63, 3.8) is 0 Å². The zero-order chi connectivity index (χ0) is 50.3. The first-order valence-corrected chi connectivity index (χ1v) is 22.2. The van der Waals surface area contributed by atoms with Crippen molar-refractivity contribution in [2.24, 2.45) is 14.1 Å². The average molecular weight is 968 g/mol. The van der Waals surface area contributed by atoms with Gasteiger partial charge in [-0.05, 0) is 66.7 Å². The number of halogens is 1. The first-order valence-electron chi connectivity index (χ1n) is 21.8. The van der Waals surface area contributed by atoms with Gasteiger partial charge in [-0.25, -0.2) is 4.98 Å². The fourth-order valence-corrected chi connectivity index (χ4v) is 8.24. The maximum atomic E-state index is 13.0. The summed E-state index contributed by atoms with van der Waals surface area (Å²) in [6.07, 6.45) is 4.19. The molecule has 10 rings (SSSR count). The van der Waals surface area contributed by atoms with Gasteiger partial charge in [0, 0.05) is 57.8 Å². The number of nitrogens with zero attached hydrogens (tertiary/aromatic N) is 12. The first-order chi connectivity index (χ1) is 34.3. The van der Waals surface area contributed by atoms with Gasteiger partial charge in [0.1, 0.15) is 10.8 Å². The largest absolute Gasteiger partial charge is 0.494 e. The molecule has 0 fully saturated rings. The van der Waals surface area contributed by atoms with E-state index in [1.165, 1.54) is 0 Å². The van der Waals surface area contributed by atoms with E-state index in [-0.39, 0.29) is 11.8 Å². The highest BCUT2D eigenvalue weighted by Gasteiger charge is 2.32. The molecule has 2 aliphatic heterocycles. The molecule has 19 nitrogen and oxygen atoms in total. The Bertz CT molecular complexity index is 3410. The molecule has 0 saturated carbocycles. The van der Waals surface area contributed by atoms with Crippen LogP contribution in [-0.2, 0) is 33.6 Å². The highest BCUT2D eigenvalue weighted by atomic mass is 35.5. The van der Waals surface area contributed by atoms with E-state index in [4.69, 9.17) is 44.9 Å². The predicted octanol–water partition coefficient (Wildman–Crippen LogP) is 9.04. The van der Waals surface area contributed by atoms with Crippen LogP contribution in [0.4, 0.5) is 40.2 Å². The average Bonchev–Trinajstić information content (AvgIpc) is 4.14. The molecule has 2 amide bonds. The van der Waals surface area contributed by atoms with Crippen LogP contribution >= 0.6 is 11.6 Å². The second-order valence-corrected chi connectivity index (χ2v) is 16.6. The normalized spacial score (nSPS) is 12.1. The third-order valence-corrected chi connectivity index (χ3v) is 11.4. The number of nitrogens with one attached hydrogen (secondary N) is 2. The summed E-state index contributed by atoms with van der Waals surface area (Å²) in [5.41, 5.74) is 15.2. The molecule has 6 aromatic heterocycles. The monoisotopic (exact) mass is 967 g/mol. The summed E-state index contributed by atoms with van der Waals surface area (Å²) in [6, 6.07) is 29.2. The number of nitrogen functional groups attached to an aromatic ring is 1. The topological polar surface area (TPSA) is 205 Å². The quantitative estimate of drug-likeness (QED) is 0.0866. The van der Waals surface area contributed by atoms with Crippen molar-refractivity contribution in [2.45, 2.75) is 19.5 Å². The predicted molar refractivity (Wildman–Crippen MR) is 270 cm³/mol. The Morgan fingerprint density at radius 1 is 0.620 bits per heavy atom. The minimum Gasteiger partial charge on any atom is -0.494 e.